The van der Waals surface area contributed by atoms with Crippen molar-refractivity contribution in [1.29, 1.82) is 0 Å². The average Bonchev–Trinajstić information content (AvgIpc) is 3.11. The van der Waals surface area contributed by atoms with Crippen LogP contribution in [0.5, 0.6) is 0 Å². The molecule has 2 aromatic carbocycles. The predicted molar refractivity (Wildman–Crippen MR) is 125 cm³/mol. The maximum atomic E-state index is 12.7. The van der Waals surface area contributed by atoms with Gasteiger partial charge in [-0.05, 0) is 56.2 Å². The smallest absolute Gasteiger partial charge is 0.341 e. The highest BCUT2D eigenvalue weighted by Gasteiger charge is 2.23. The number of nitrogens with one attached hydrogen (secondary N) is 2. The fraction of sp³-hybridized carbons (Fsp3) is 0.174. The van der Waals surface area contributed by atoms with E-state index in [-0.39, 0.29) is 17.6 Å². The molecular weight excluding hydrogens is 416 g/mol. The molecule has 0 aliphatic heterocycles. The summed E-state index contributed by atoms with van der Waals surface area (Å²) in [5.74, 6) is -0.759. The third kappa shape index (κ3) is 4.93. The second kappa shape index (κ2) is 9.65. The van der Waals surface area contributed by atoms with E-state index in [1.54, 1.807) is 31.2 Å². The van der Waals surface area contributed by atoms with Gasteiger partial charge < -0.3 is 10.1 Å². The molecule has 0 unspecified atom stereocenters. The van der Waals surface area contributed by atoms with Gasteiger partial charge >= 0.3 is 5.97 Å². The maximum Gasteiger partial charge on any atom is 0.341 e. The van der Waals surface area contributed by atoms with Crippen LogP contribution in [-0.2, 0) is 4.74 Å². The molecule has 0 fully saturated rings. The Morgan fingerprint density at radius 3 is 2.47 bits per heavy atom. The molecule has 0 atom stereocenters. The summed E-state index contributed by atoms with van der Waals surface area (Å²) < 4.78 is 5.28. The van der Waals surface area contributed by atoms with Crippen molar-refractivity contribution in [3.8, 4) is 11.1 Å². The molecule has 1 amide bonds. The molecule has 154 valence electrons. The number of thiophene rings is 1. The molecule has 5 nitrogen and oxygen atoms in total. The third-order valence-electron chi connectivity index (χ3n) is 4.43. The molecule has 1 aromatic heterocycles. The van der Waals surface area contributed by atoms with Gasteiger partial charge in [-0.25, -0.2) is 4.79 Å². The molecule has 0 spiro atoms. The van der Waals surface area contributed by atoms with Gasteiger partial charge in [-0.1, -0.05) is 42.0 Å². The number of thiocarbonyl (C=S) groups is 1. The van der Waals surface area contributed by atoms with Crippen molar-refractivity contribution in [2.75, 3.05) is 11.9 Å². The maximum absolute atomic E-state index is 12.7. The van der Waals surface area contributed by atoms with Gasteiger partial charge in [0.1, 0.15) is 10.6 Å². The van der Waals surface area contributed by atoms with Crippen molar-refractivity contribution in [2.24, 2.45) is 0 Å². The largest absolute Gasteiger partial charge is 0.462 e. The Balaban J connectivity index is 1.89. The molecule has 3 rings (SSSR count). The second-order valence-electron chi connectivity index (χ2n) is 6.67. The van der Waals surface area contributed by atoms with Crippen LogP contribution in [-0.4, -0.2) is 23.6 Å². The van der Waals surface area contributed by atoms with Crippen LogP contribution in [0.4, 0.5) is 5.00 Å². The SMILES string of the molecule is CCOC(=O)c1c(-c2ccc(C)cc2C)csc1NC(=S)NC(=O)c1ccccc1. The minimum Gasteiger partial charge on any atom is -0.462 e. The standard InChI is InChI=1S/C23H22N2O3S2/c1-4-28-22(27)19-18(17-11-10-14(2)12-15(17)3)13-30-21(19)25-23(29)24-20(26)16-8-6-5-7-9-16/h5-13H,4H2,1-3H3,(H2,24,25,26,29). The molecule has 0 aliphatic carbocycles. The zero-order chi connectivity index (χ0) is 21.7. The first-order chi connectivity index (χ1) is 14.4. The predicted octanol–water partition coefficient (Wildman–Crippen LogP) is 5.34. The molecule has 7 heteroatoms. The summed E-state index contributed by atoms with van der Waals surface area (Å²) >= 11 is 6.64. The van der Waals surface area contributed by atoms with Crippen molar-refractivity contribution in [1.82, 2.24) is 5.32 Å². The van der Waals surface area contributed by atoms with E-state index in [0.717, 1.165) is 22.3 Å². The minimum absolute atomic E-state index is 0.114. The van der Waals surface area contributed by atoms with Crippen molar-refractivity contribution < 1.29 is 14.3 Å². The van der Waals surface area contributed by atoms with Crippen molar-refractivity contribution in [3.63, 3.8) is 0 Å². The van der Waals surface area contributed by atoms with E-state index in [1.165, 1.54) is 11.3 Å². The summed E-state index contributed by atoms with van der Waals surface area (Å²) in [5, 5.41) is 8.18. The zero-order valence-corrected chi connectivity index (χ0v) is 18.6. The molecule has 0 saturated carbocycles. The first-order valence-electron chi connectivity index (χ1n) is 9.44. The Hall–Kier alpha value is -3.03. The van der Waals surface area contributed by atoms with Gasteiger partial charge in [0, 0.05) is 16.5 Å². The molecule has 3 aromatic rings. The Kier molecular flexibility index (Phi) is 6.97. The summed E-state index contributed by atoms with van der Waals surface area (Å²) in [4.78, 5) is 25.1. The van der Waals surface area contributed by atoms with E-state index in [0.29, 0.717) is 16.1 Å². The summed E-state index contributed by atoms with van der Waals surface area (Å²) in [6, 6.07) is 14.9. The van der Waals surface area contributed by atoms with Crippen LogP contribution in [0.25, 0.3) is 11.1 Å². The Morgan fingerprint density at radius 1 is 1.07 bits per heavy atom. The minimum atomic E-state index is -0.437. The number of hydrogen-bond acceptors (Lipinski definition) is 5. The van der Waals surface area contributed by atoms with E-state index in [4.69, 9.17) is 17.0 Å². The van der Waals surface area contributed by atoms with Gasteiger partial charge in [0.15, 0.2) is 5.11 Å². The second-order valence-corrected chi connectivity index (χ2v) is 7.95. The molecule has 2 N–H and O–H groups in total. The van der Waals surface area contributed by atoms with E-state index >= 15 is 0 Å². The van der Waals surface area contributed by atoms with Crippen LogP contribution in [0.1, 0.15) is 38.8 Å². The highest BCUT2D eigenvalue weighted by molar-refractivity contribution is 7.80. The molecule has 0 aliphatic rings. The number of carbonyl (C=O) groups excluding carboxylic acids is 2. The quantitative estimate of drug-likeness (QED) is 0.416. The van der Waals surface area contributed by atoms with E-state index in [2.05, 4.69) is 16.7 Å². The van der Waals surface area contributed by atoms with Gasteiger partial charge in [0.05, 0.1) is 6.61 Å². The fourth-order valence-electron chi connectivity index (χ4n) is 3.07. The lowest BCUT2D eigenvalue weighted by molar-refractivity contribution is 0.0529. The first kappa shape index (κ1) is 21.7. The molecule has 0 saturated heterocycles. The number of anilines is 1. The summed E-state index contributed by atoms with van der Waals surface area (Å²) in [6.07, 6.45) is 0. The number of rotatable bonds is 5. The number of hydrogen-bond donors (Lipinski definition) is 2. The topological polar surface area (TPSA) is 67.4 Å². The fourth-order valence-corrected chi connectivity index (χ4v) is 4.28. The lowest BCUT2D eigenvalue weighted by Crippen LogP contribution is -2.34. The Morgan fingerprint density at radius 2 is 1.80 bits per heavy atom. The van der Waals surface area contributed by atoms with Crippen molar-refractivity contribution >= 4 is 45.5 Å². The number of amides is 1. The van der Waals surface area contributed by atoms with Gasteiger partial charge in [-0.2, -0.15) is 0 Å². The Labute approximate surface area is 185 Å². The normalized spacial score (nSPS) is 10.4. The number of ether oxygens (including phenoxy) is 1. The number of benzene rings is 2. The summed E-state index contributed by atoms with van der Waals surface area (Å²) in [6.45, 7) is 6.05. The van der Waals surface area contributed by atoms with E-state index in [1.807, 2.05) is 37.4 Å². The van der Waals surface area contributed by atoms with Crippen LogP contribution < -0.4 is 10.6 Å². The molecule has 30 heavy (non-hydrogen) atoms. The van der Waals surface area contributed by atoms with Crippen LogP contribution in [0, 0.1) is 13.8 Å². The zero-order valence-electron chi connectivity index (χ0n) is 16.9. The Bertz CT molecular complexity index is 1090. The van der Waals surface area contributed by atoms with E-state index in [9.17, 15) is 9.59 Å². The lowest BCUT2D eigenvalue weighted by Gasteiger charge is -2.12. The van der Waals surface area contributed by atoms with Crippen LogP contribution in [0.2, 0.25) is 0 Å². The summed E-state index contributed by atoms with van der Waals surface area (Å²) in [7, 11) is 0. The number of carbonyl (C=O) groups is 2. The van der Waals surface area contributed by atoms with E-state index < -0.39 is 5.97 Å². The first-order valence-corrected chi connectivity index (χ1v) is 10.7. The summed E-state index contributed by atoms with van der Waals surface area (Å²) in [5.41, 5.74) is 4.83. The van der Waals surface area contributed by atoms with Gasteiger partial charge in [0.2, 0.25) is 0 Å². The van der Waals surface area contributed by atoms with Gasteiger partial charge in [0.25, 0.3) is 5.91 Å². The van der Waals surface area contributed by atoms with Crippen LogP contribution >= 0.6 is 23.6 Å². The monoisotopic (exact) mass is 438 g/mol. The lowest BCUT2D eigenvalue weighted by atomic mass is 9.98. The van der Waals surface area contributed by atoms with Crippen LogP contribution in [0.15, 0.2) is 53.9 Å². The number of aryl methyl sites for hydroxylation is 2. The molecule has 1 heterocycles. The van der Waals surface area contributed by atoms with Gasteiger partial charge in [-0.15, -0.1) is 11.3 Å². The molecule has 0 radical (unpaired) electrons. The molecular formula is C23H22N2O3S2. The van der Waals surface area contributed by atoms with Crippen LogP contribution in [0.3, 0.4) is 0 Å². The number of esters is 1. The van der Waals surface area contributed by atoms with Crippen molar-refractivity contribution in [2.45, 2.75) is 20.8 Å². The van der Waals surface area contributed by atoms with Gasteiger partial charge in [-0.3, -0.25) is 10.1 Å². The highest BCUT2D eigenvalue weighted by atomic mass is 32.1. The van der Waals surface area contributed by atoms with Crippen molar-refractivity contribution in [3.05, 3.63) is 76.2 Å². The molecule has 0 bridgehead atoms. The third-order valence-corrected chi connectivity index (χ3v) is 5.53. The average molecular weight is 439 g/mol. The highest BCUT2D eigenvalue weighted by Crippen LogP contribution is 2.37.